The molecule has 0 atom stereocenters. The van der Waals surface area contributed by atoms with E-state index in [2.05, 4.69) is 4.99 Å². The van der Waals surface area contributed by atoms with Crippen LogP contribution in [0.25, 0.3) is 10.2 Å². The van der Waals surface area contributed by atoms with E-state index in [0.717, 1.165) is 23.1 Å². The quantitative estimate of drug-likeness (QED) is 0.693. The molecule has 0 bridgehead atoms. The van der Waals surface area contributed by atoms with Crippen molar-refractivity contribution in [2.75, 3.05) is 31.7 Å². The molecule has 1 aromatic carbocycles. The largest absolute Gasteiger partial charge is 0.497 e. The van der Waals surface area contributed by atoms with Gasteiger partial charge in [-0.15, -0.1) is 0 Å². The molecule has 10 heteroatoms. The number of hydrogen-bond donors (Lipinski definition) is 0. The van der Waals surface area contributed by atoms with Crippen molar-refractivity contribution in [2.24, 2.45) is 4.99 Å². The summed E-state index contributed by atoms with van der Waals surface area (Å²) in [7, 11) is -2.28. The molecule has 152 valence electrons. The predicted octanol–water partition coefficient (Wildman–Crippen LogP) is 1.20. The van der Waals surface area contributed by atoms with Crippen molar-refractivity contribution < 1.29 is 22.7 Å². The molecule has 1 saturated heterocycles. The van der Waals surface area contributed by atoms with Crippen molar-refractivity contribution in [1.82, 2.24) is 9.47 Å². The van der Waals surface area contributed by atoms with Crippen molar-refractivity contribution in [3.63, 3.8) is 0 Å². The zero-order valence-electron chi connectivity index (χ0n) is 15.9. The third-order valence-corrected chi connectivity index (χ3v) is 6.99. The summed E-state index contributed by atoms with van der Waals surface area (Å²) >= 11 is 1.29. The van der Waals surface area contributed by atoms with Crippen molar-refractivity contribution >= 4 is 43.2 Å². The normalized spacial score (nSPS) is 15.4. The number of rotatable bonds is 6. The van der Waals surface area contributed by atoms with E-state index >= 15 is 0 Å². The maximum Gasteiger partial charge on any atom is 0.263 e. The molecule has 1 aromatic heterocycles. The van der Waals surface area contributed by atoms with Crippen molar-refractivity contribution in [1.29, 1.82) is 0 Å². The van der Waals surface area contributed by atoms with Gasteiger partial charge in [-0.1, -0.05) is 11.3 Å². The number of amides is 2. The number of aromatic nitrogens is 1. The molecule has 28 heavy (non-hydrogen) atoms. The molecule has 0 spiro atoms. The highest BCUT2D eigenvalue weighted by molar-refractivity contribution is 7.92. The standard InChI is InChI=1S/C18H23N3O5S2/c1-3-21-14-7-6-13(26-2)10-15(14)27-18(21)19-16(22)11-28(24,25)12-17(23)20-8-4-5-9-20/h6-7,10H,3-5,8-9,11-12H2,1-2H3. The smallest absolute Gasteiger partial charge is 0.263 e. The summed E-state index contributed by atoms with van der Waals surface area (Å²) in [5.74, 6) is -1.94. The summed E-state index contributed by atoms with van der Waals surface area (Å²) in [6, 6.07) is 5.55. The van der Waals surface area contributed by atoms with Gasteiger partial charge >= 0.3 is 0 Å². The topological polar surface area (TPSA) is 98.0 Å². The van der Waals surface area contributed by atoms with Crippen LogP contribution in [0.2, 0.25) is 0 Å². The summed E-state index contributed by atoms with van der Waals surface area (Å²) < 4.78 is 32.5. The van der Waals surface area contributed by atoms with Gasteiger partial charge in [-0.3, -0.25) is 9.59 Å². The first kappa shape index (κ1) is 20.5. The Kier molecular flexibility index (Phi) is 6.19. The number of likely N-dealkylation sites (tertiary alicyclic amines) is 1. The van der Waals surface area contributed by atoms with Crippen LogP contribution < -0.4 is 9.54 Å². The molecule has 0 aliphatic carbocycles. The monoisotopic (exact) mass is 425 g/mol. The van der Waals surface area contributed by atoms with Gasteiger partial charge in [0.05, 0.1) is 17.3 Å². The first-order chi connectivity index (χ1) is 13.3. The van der Waals surface area contributed by atoms with E-state index in [1.807, 2.05) is 29.7 Å². The lowest BCUT2D eigenvalue weighted by atomic mass is 10.3. The van der Waals surface area contributed by atoms with Crippen LogP contribution in [0.4, 0.5) is 0 Å². The molecule has 1 aliphatic rings. The van der Waals surface area contributed by atoms with E-state index in [-0.39, 0.29) is 0 Å². The first-order valence-electron chi connectivity index (χ1n) is 9.06. The van der Waals surface area contributed by atoms with Crippen LogP contribution in [0.15, 0.2) is 23.2 Å². The number of methoxy groups -OCH3 is 1. The molecule has 0 N–H and O–H groups in total. The van der Waals surface area contributed by atoms with Crippen molar-refractivity contribution in [3.8, 4) is 5.75 Å². The molecule has 3 rings (SSSR count). The molecule has 0 saturated carbocycles. The van der Waals surface area contributed by atoms with Gasteiger partial charge in [0.1, 0.15) is 17.3 Å². The summed E-state index contributed by atoms with van der Waals surface area (Å²) in [5, 5.41) is 0. The summed E-state index contributed by atoms with van der Waals surface area (Å²) in [6.07, 6.45) is 1.77. The average Bonchev–Trinajstić information content (AvgIpc) is 3.27. The van der Waals surface area contributed by atoms with Crippen LogP contribution in [0, 0.1) is 0 Å². The Morgan fingerprint density at radius 1 is 1.21 bits per heavy atom. The van der Waals surface area contributed by atoms with E-state index < -0.39 is 33.2 Å². The second-order valence-corrected chi connectivity index (χ2v) is 9.66. The molecule has 1 aliphatic heterocycles. The second kappa shape index (κ2) is 8.44. The van der Waals surface area contributed by atoms with E-state index in [9.17, 15) is 18.0 Å². The zero-order chi connectivity index (χ0) is 20.3. The van der Waals surface area contributed by atoms with Crippen LogP contribution >= 0.6 is 11.3 Å². The Morgan fingerprint density at radius 2 is 1.93 bits per heavy atom. The van der Waals surface area contributed by atoms with E-state index in [1.54, 1.807) is 7.11 Å². The highest BCUT2D eigenvalue weighted by Crippen LogP contribution is 2.23. The van der Waals surface area contributed by atoms with Crippen LogP contribution in [-0.4, -0.2) is 61.4 Å². The Balaban J connectivity index is 1.80. The van der Waals surface area contributed by atoms with E-state index in [0.29, 0.717) is 30.2 Å². The Labute approximate surface area is 167 Å². The lowest BCUT2D eigenvalue weighted by Crippen LogP contribution is -2.35. The SMILES string of the molecule is CCn1c(=NC(=O)CS(=O)(=O)CC(=O)N2CCCC2)sc2cc(OC)ccc21. The molecule has 0 radical (unpaired) electrons. The molecule has 8 nitrogen and oxygen atoms in total. The van der Waals surface area contributed by atoms with Gasteiger partial charge in [-0.25, -0.2) is 8.42 Å². The van der Waals surface area contributed by atoms with Crippen molar-refractivity contribution in [3.05, 3.63) is 23.0 Å². The number of sulfone groups is 1. The maximum absolute atomic E-state index is 12.3. The van der Waals surface area contributed by atoms with Gasteiger partial charge in [0.2, 0.25) is 5.91 Å². The number of thiazole rings is 1. The third kappa shape index (κ3) is 4.61. The minimum absolute atomic E-state index is 0.428. The van der Waals surface area contributed by atoms with Gasteiger partial charge in [0, 0.05) is 19.6 Å². The number of aryl methyl sites for hydroxylation is 1. The summed E-state index contributed by atoms with van der Waals surface area (Å²) in [6.45, 7) is 3.66. The third-order valence-electron chi connectivity index (χ3n) is 4.57. The van der Waals surface area contributed by atoms with Crippen LogP contribution in [0.1, 0.15) is 19.8 Å². The summed E-state index contributed by atoms with van der Waals surface area (Å²) in [4.78, 5) is 30.3. The number of benzene rings is 1. The minimum atomic E-state index is -3.86. The van der Waals surface area contributed by atoms with Gasteiger partial charge in [-0.05, 0) is 38.0 Å². The molecule has 2 amide bonds. The lowest BCUT2D eigenvalue weighted by Gasteiger charge is -2.14. The van der Waals surface area contributed by atoms with Gasteiger partial charge < -0.3 is 14.2 Å². The van der Waals surface area contributed by atoms with Crippen LogP contribution in [-0.2, 0) is 26.0 Å². The zero-order valence-corrected chi connectivity index (χ0v) is 17.5. The molecule has 2 aromatic rings. The Bertz CT molecular complexity index is 1060. The van der Waals surface area contributed by atoms with E-state index in [1.165, 1.54) is 16.2 Å². The Hall–Kier alpha value is -2.20. The molecule has 1 fully saturated rings. The Morgan fingerprint density at radius 3 is 2.57 bits per heavy atom. The fourth-order valence-electron chi connectivity index (χ4n) is 3.20. The fraction of sp³-hybridized carbons (Fsp3) is 0.500. The highest BCUT2D eigenvalue weighted by Gasteiger charge is 2.26. The molecule has 2 heterocycles. The minimum Gasteiger partial charge on any atom is -0.497 e. The van der Waals surface area contributed by atoms with E-state index in [4.69, 9.17) is 4.74 Å². The molecular formula is C18H23N3O5S2. The molecular weight excluding hydrogens is 402 g/mol. The first-order valence-corrected chi connectivity index (χ1v) is 11.7. The number of carbonyl (C=O) groups excluding carboxylic acids is 2. The van der Waals surface area contributed by atoms with Crippen LogP contribution in [0.5, 0.6) is 5.75 Å². The van der Waals surface area contributed by atoms with Gasteiger partial charge in [0.15, 0.2) is 14.6 Å². The summed E-state index contributed by atoms with van der Waals surface area (Å²) in [5.41, 5.74) is 0.895. The predicted molar refractivity (Wildman–Crippen MR) is 107 cm³/mol. The van der Waals surface area contributed by atoms with Gasteiger partial charge in [-0.2, -0.15) is 4.99 Å². The number of nitrogens with zero attached hydrogens (tertiary/aromatic N) is 3. The average molecular weight is 426 g/mol. The number of carbonyl (C=O) groups is 2. The second-order valence-electron chi connectivity index (χ2n) is 6.59. The molecule has 0 unspecified atom stereocenters. The van der Waals surface area contributed by atoms with Crippen molar-refractivity contribution in [2.45, 2.75) is 26.3 Å². The van der Waals surface area contributed by atoms with Crippen LogP contribution in [0.3, 0.4) is 0 Å². The highest BCUT2D eigenvalue weighted by atomic mass is 32.2. The number of hydrogen-bond acceptors (Lipinski definition) is 6. The fourth-order valence-corrected chi connectivity index (χ4v) is 5.44. The number of fused-ring (bicyclic) bond motifs is 1. The van der Waals surface area contributed by atoms with Gasteiger partial charge in [0.25, 0.3) is 5.91 Å². The maximum atomic E-state index is 12.3. The number of ether oxygens (including phenoxy) is 1. The lowest BCUT2D eigenvalue weighted by molar-refractivity contribution is -0.127.